The predicted octanol–water partition coefficient (Wildman–Crippen LogP) is 4.23. The molecule has 0 aliphatic rings. The molecule has 0 radical (unpaired) electrons. The van der Waals surface area contributed by atoms with Gasteiger partial charge in [0, 0.05) is 16.1 Å². The van der Waals surface area contributed by atoms with Crippen molar-refractivity contribution in [3.8, 4) is 6.07 Å². The minimum absolute atomic E-state index is 0.623. The van der Waals surface area contributed by atoms with Crippen LogP contribution in [0.25, 0.3) is 5.57 Å². The average Bonchev–Trinajstić information content (AvgIpc) is 2.13. The Morgan fingerprint density at radius 1 is 1.36 bits per heavy atom. The van der Waals surface area contributed by atoms with Crippen molar-refractivity contribution in [2.75, 3.05) is 0 Å². The van der Waals surface area contributed by atoms with Gasteiger partial charge >= 0.3 is 0 Å². The van der Waals surface area contributed by atoms with Gasteiger partial charge in [0.05, 0.1) is 6.07 Å². The summed E-state index contributed by atoms with van der Waals surface area (Å²) in [6.45, 7) is 3.71. The molecule has 0 fully saturated rings. The molecular weight excluding hydrogens is 217 g/mol. The minimum atomic E-state index is 0.623. The predicted molar refractivity (Wildman–Crippen MR) is 60.5 cm³/mol. The molecule has 0 aromatic heterocycles. The van der Waals surface area contributed by atoms with Crippen molar-refractivity contribution in [2.24, 2.45) is 0 Å². The summed E-state index contributed by atoms with van der Waals surface area (Å²) in [5, 5.41) is 9.75. The third-order valence-corrected chi connectivity index (χ3v) is 2.80. The van der Waals surface area contributed by atoms with Gasteiger partial charge in [-0.25, -0.2) is 0 Å². The zero-order valence-electron chi connectivity index (χ0n) is 7.94. The van der Waals surface area contributed by atoms with Gasteiger partial charge < -0.3 is 0 Å². The van der Waals surface area contributed by atoms with Gasteiger partial charge in [-0.05, 0) is 42.7 Å². The summed E-state index contributed by atoms with van der Waals surface area (Å²) < 4.78 is 0. The number of hydrogen-bond acceptors (Lipinski definition) is 1. The molecule has 1 nitrogen and oxygen atoms in total. The Kier molecular flexibility index (Phi) is 3.57. The highest BCUT2D eigenvalue weighted by Gasteiger charge is 2.04. The fourth-order valence-electron chi connectivity index (χ4n) is 1.05. The first-order valence-corrected chi connectivity index (χ1v) is 4.84. The largest absolute Gasteiger partial charge is 0.193 e. The van der Waals surface area contributed by atoms with Crippen LogP contribution in [0.1, 0.15) is 18.1 Å². The highest BCUT2D eigenvalue weighted by atomic mass is 35.5. The molecule has 0 heterocycles. The van der Waals surface area contributed by atoms with E-state index in [1.807, 2.05) is 32.0 Å². The molecular formula is C11H9Cl2N. The number of hydrogen-bond donors (Lipinski definition) is 0. The minimum Gasteiger partial charge on any atom is -0.193 e. The molecule has 0 aliphatic carbocycles. The number of nitriles is 1. The molecule has 0 aliphatic heterocycles. The second-order valence-electron chi connectivity index (χ2n) is 3.02. The molecule has 0 saturated carbocycles. The molecule has 0 spiro atoms. The van der Waals surface area contributed by atoms with Gasteiger partial charge in [-0.15, -0.1) is 0 Å². The lowest BCUT2D eigenvalue weighted by atomic mass is 10.1. The quantitative estimate of drug-likeness (QED) is 0.657. The fourth-order valence-corrected chi connectivity index (χ4v) is 1.54. The fraction of sp³-hybridized carbons (Fsp3) is 0.182. The molecule has 72 valence electrons. The number of halogens is 2. The van der Waals surface area contributed by atoms with Crippen LogP contribution in [-0.4, -0.2) is 0 Å². The van der Waals surface area contributed by atoms with E-state index in [0.29, 0.717) is 10.0 Å². The van der Waals surface area contributed by atoms with Crippen LogP contribution in [0.5, 0.6) is 0 Å². The molecule has 0 saturated heterocycles. The van der Waals surface area contributed by atoms with Crippen LogP contribution >= 0.6 is 23.2 Å². The van der Waals surface area contributed by atoms with E-state index in [4.69, 9.17) is 28.5 Å². The SMILES string of the molecule is C/C(=C\C#N)c1cc(Cl)c(C)c(Cl)c1. The first kappa shape index (κ1) is 11.1. The normalized spacial score (nSPS) is 11.2. The Bertz CT molecular complexity index is 404. The smallest absolute Gasteiger partial charge is 0.0915 e. The number of nitrogens with zero attached hydrogens (tertiary/aromatic N) is 1. The summed E-state index contributed by atoms with van der Waals surface area (Å²) in [5.74, 6) is 0. The first-order valence-electron chi connectivity index (χ1n) is 4.08. The van der Waals surface area contributed by atoms with Gasteiger partial charge in [-0.3, -0.25) is 0 Å². The Hall–Kier alpha value is -0.970. The van der Waals surface area contributed by atoms with Crippen LogP contribution in [0.15, 0.2) is 18.2 Å². The van der Waals surface area contributed by atoms with Crippen LogP contribution < -0.4 is 0 Å². The average molecular weight is 226 g/mol. The number of benzene rings is 1. The van der Waals surface area contributed by atoms with Crippen LogP contribution in [0.3, 0.4) is 0 Å². The summed E-state index contributed by atoms with van der Waals surface area (Å²) in [5.41, 5.74) is 2.60. The summed E-state index contributed by atoms with van der Waals surface area (Å²) in [6, 6.07) is 5.59. The lowest BCUT2D eigenvalue weighted by Crippen LogP contribution is -1.84. The van der Waals surface area contributed by atoms with E-state index in [-0.39, 0.29) is 0 Å². The molecule has 0 unspecified atom stereocenters. The van der Waals surface area contributed by atoms with Crippen molar-refractivity contribution >= 4 is 28.8 Å². The van der Waals surface area contributed by atoms with E-state index in [9.17, 15) is 0 Å². The van der Waals surface area contributed by atoms with Crippen LogP contribution in [0.4, 0.5) is 0 Å². The maximum Gasteiger partial charge on any atom is 0.0915 e. The highest BCUT2D eigenvalue weighted by Crippen LogP contribution is 2.28. The number of allylic oxidation sites excluding steroid dienone is 2. The van der Waals surface area contributed by atoms with Crippen LogP contribution in [0, 0.1) is 18.3 Å². The van der Waals surface area contributed by atoms with Crippen molar-refractivity contribution < 1.29 is 0 Å². The van der Waals surface area contributed by atoms with E-state index in [1.165, 1.54) is 6.08 Å². The molecule has 1 aromatic rings. The van der Waals surface area contributed by atoms with Crippen molar-refractivity contribution in [2.45, 2.75) is 13.8 Å². The Morgan fingerprint density at radius 2 is 1.86 bits per heavy atom. The van der Waals surface area contributed by atoms with Gasteiger partial charge in [-0.2, -0.15) is 5.26 Å². The third-order valence-electron chi connectivity index (χ3n) is 2.02. The van der Waals surface area contributed by atoms with Crippen LogP contribution in [0.2, 0.25) is 10.0 Å². The standard InChI is InChI=1S/C11H9Cl2N/c1-7(3-4-14)9-5-10(12)8(2)11(13)6-9/h3,5-6H,1-2H3/b7-3+. The van der Waals surface area contributed by atoms with Crippen LogP contribution in [-0.2, 0) is 0 Å². The molecule has 1 rings (SSSR count). The summed E-state index contributed by atoms with van der Waals surface area (Å²) in [6.07, 6.45) is 1.47. The summed E-state index contributed by atoms with van der Waals surface area (Å²) in [4.78, 5) is 0. The molecule has 0 amide bonds. The Labute approximate surface area is 93.6 Å². The highest BCUT2D eigenvalue weighted by molar-refractivity contribution is 6.36. The van der Waals surface area contributed by atoms with Crippen molar-refractivity contribution in [1.82, 2.24) is 0 Å². The van der Waals surface area contributed by atoms with E-state index in [1.54, 1.807) is 0 Å². The van der Waals surface area contributed by atoms with E-state index in [2.05, 4.69) is 0 Å². The number of rotatable bonds is 1. The van der Waals surface area contributed by atoms with E-state index < -0.39 is 0 Å². The lowest BCUT2D eigenvalue weighted by molar-refractivity contribution is 1.44. The summed E-state index contributed by atoms with van der Waals surface area (Å²) in [7, 11) is 0. The molecule has 1 aromatic carbocycles. The second-order valence-corrected chi connectivity index (χ2v) is 3.84. The molecule has 0 N–H and O–H groups in total. The van der Waals surface area contributed by atoms with Gasteiger partial charge in [0.1, 0.15) is 0 Å². The molecule has 0 atom stereocenters. The molecule has 14 heavy (non-hydrogen) atoms. The third kappa shape index (κ3) is 2.29. The topological polar surface area (TPSA) is 23.8 Å². The van der Waals surface area contributed by atoms with Gasteiger partial charge in [0.15, 0.2) is 0 Å². The lowest BCUT2D eigenvalue weighted by Gasteiger charge is -2.05. The van der Waals surface area contributed by atoms with E-state index in [0.717, 1.165) is 16.7 Å². The van der Waals surface area contributed by atoms with Gasteiger partial charge in [-0.1, -0.05) is 23.2 Å². The molecule has 3 heteroatoms. The van der Waals surface area contributed by atoms with Crippen molar-refractivity contribution in [3.05, 3.63) is 39.4 Å². The van der Waals surface area contributed by atoms with Gasteiger partial charge in [0.25, 0.3) is 0 Å². The Morgan fingerprint density at radius 3 is 2.29 bits per heavy atom. The molecule has 0 bridgehead atoms. The van der Waals surface area contributed by atoms with Crippen molar-refractivity contribution in [3.63, 3.8) is 0 Å². The van der Waals surface area contributed by atoms with Crippen molar-refractivity contribution in [1.29, 1.82) is 5.26 Å². The zero-order chi connectivity index (χ0) is 10.7. The first-order chi connectivity index (χ1) is 6.56. The zero-order valence-corrected chi connectivity index (χ0v) is 9.45. The summed E-state index contributed by atoms with van der Waals surface area (Å²) >= 11 is 11.9. The van der Waals surface area contributed by atoms with Gasteiger partial charge in [0.2, 0.25) is 0 Å². The second kappa shape index (κ2) is 4.50. The maximum atomic E-state index is 8.50. The Balaban J connectivity index is 3.27. The van der Waals surface area contributed by atoms with E-state index >= 15 is 0 Å². The maximum absolute atomic E-state index is 8.50. The monoisotopic (exact) mass is 225 g/mol.